The van der Waals surface area contributed by atoms with Crippen LogP contribution in [0.4, 0.5) is 0 Å². The number of piperidine rings is 1. The van der Waals surface area contributed by atoms with E-state index in [-0.39, 0.29) is 0 Å². The van der Waals surface area contributed by atoms with E-state index in [9.17, 15) is 0 Å². The van der Waals surface area contributed by atoms with Gasteiger partial charge in [0.15, 0.2) is 0 Å². The lowest BCUT2D eigenvalue weighted by molar-refractivity contribution is 0.497. The maximum absolute atomic E-state index is 7.46. The molecule has 1 aliphatic rings. The second-order valence-corrected chi connectivity index (χ2v) is 2.64. The lowest BCUT2D eigenvalue weighted by atomic mass is 10.1. The lowest BCUT2D eigenvalue weighted by Crippen LogP contribution is -2.37. The summed E-state index contributed by atoms with van der Waals surface area (Å²) in [6, 6.07) is 0. The summed E-state index contributed by atoms with van der Waals surface area (Å²) in [6.07, 6.45) is 3.08. The molecule has 1 fully saturated rings. The zero-order valence-electron chi connectivity index (χ0n) is 6.28. The first kappa shape index (κ1) is 7.25. The smallest absolute Gasteiger partial charge is 0.101 e. The van der Waals surface area contributed by atoms with Gasteiger partial charge in [-0.05, 0) is 19.8 Å². The minimum Gasteiger partial charge on any atom is -0.319 e. The molecule has 2 N–H and O–H groups in total. The third kappa shape index (κ3) is 1.35. The highest BCUT2D eigenvalue weighted by Gasteiger charge is 2.15. The Labute approximate surface area is 61.1 Å². The molecular weight excluding hydrogens is 126 g/mol. The summed E-state index contributed by atoms with van der Waals surface area (Å²) in [6.45, 7) is 2.61. The number of nitrogens with one attached hydrogen (secondary N) is 2. The highest BCUT2D eigenvalue weighted by Crippen LogP contribution is 2.10. The quantitative estimate of drug-likeness (QED) is 0.387. The standard InChI is InChI=1S/C7H13N3/c1-6(8)10-5-3-2-4-7(10)9/h8-9H,2-5H2,1H3. The van der Waals surface area contributed by atoms with Crippen LogP contribution < -0.4 is 0 Å². The van der Waals surface area contributed by atoms with Crippen molar-refractivity contribution < 1.29 is 0 Å². The molecule has 0 aromatic heterocycles. The number of hydrogen-bond donors (Lipinski definition) is 2. The molecule has 0 aliphatic carbocycles. The molecule has 0 saturated carbocycles. The molecule has 0 atom stereocenters. The summed E-state index contributed by atoms with van der Waals surface area (Å²) >= 11 is 0. The fraction of sp³-hybridized carbons (Fsp3) is 0.714. The Kier molecular flexibility index (Phi) is 2.04. The molecule has 56 valence electrons. The zero-order chi connectivity index (χ0) is 7.56. The number of amidine groups is 2. The van der Waals surface area contributed by atoms with Gasteiger partial charge in [0, 0.05) is 13.0 Å². The van der Waals surface area contributed by atoms with E-state index in [0.717, 1.165) is 25.8 Å². The monoisotopic (exact) mass is 139 g/mol. The molecule has 0 aromatic rings. The first-order valence-corrected chi connectivity index (χ1v) is 3.62. The first-order valence-electron chi connectivity index (χ1n) is 3.62. The summed E-state index contributed by atoms with van der Waals surface area (Å²) in [7, 11) is 0. The van der Waals surface area contributed by atoms with Crippen LogP contribution in [0.25, 0.3) is 0 Å². The van der Waals surface area contributed by atoms with Crippen molar-refractivity contribution in [3.63, 3.8) is 0 Å². The van der Waals surface area contributed by atoms with Gasteiger partial charge in [-0.15, -0.1) is 0 Å². The first-order chi connectivity index (χ1) is 4.72. The summed E-state index contributed by atoms with van der Waals surface area (Å²) in [5.41, 5.74) is 0. The van der Waals surface area contributed by atoms with Gasteiger partial charge in [-0.2, -0.15) is 0 Å². The van der Waals surface area contributed by atoms with Crippen LogP contribution in [0.3, 0.4) is 0 Å². The number of likely N-dealkylation sites (tertiary alicyclic amines) is 1. The van der Waals surface area contributed by atoms with Crippen LogP contribution in [0.5, 0.6) is 0 Å². The maximum Gasteiger partial charge on any atom is 0.101 e. The summed E-state index contributed by atoms with van der Waals surface area (Å²) in [5.74, 6) is 1.11. The fourth-order valence-electron chi connectivity index (χ4n) is 1.20. The second kappa shape index (κ2) is 2.82. The van der Waals surface area contributed by atoms with Gasteiger partial charge in [-0.3, -0.25) is 10.8 Å². The third-order valence-corrected chi connectivity index (χ3v) is 1.78. The zero-order valence-corrected chi connectivity index (χ0v) is 6.28. The minimum atomic E-state index is 0.504. The van der Waals surface area contributed by atoms with Crippen molar-refractivity contribution in [1.82, 2.24) is 4.90 Å². The molecule has 10 heavy (non-hydrogen) atoms. The Balaban J connectivity index is 2.56. The van der Waals surface area contributed by atoms with E-state index in [1.807, 2.05) is 0 Å². The summed E-state index contributed by atoms with van der Waals surface area (Å²) < 4.78 is 0. The molecule has 3 nitrogen and oxygen atoms in total. The normalized spacial score (nSPS) is 19.3. The van der Waals surface area contributed by atoms with E-state index in [4.69, 9.17) is 10.8 Å². The van der Waals surface area contributed by atoms with Crippen molar-refractivity contribution in [3.8, 4) is 0 Å². The predicted molar refractivity (Wildman–Crippen MR) is 41.7 cm³/mol. The van der Waals surface area contributed by atoms with Crippen molar-refractivity contribution >= 4 is 11.7 Å². The average molecular weight is 139 g/mol. The Morgan fingerprint density at radius 1 is 1.50 bits per heavy atom. The maximum atomic E-state index is 7.46. The summed E-state index contributed by atoms with van der Waals surface area (Å²) in [4.78, 5) is 1.77. The molecular formula is C7H13N3. The van der Waals surface area contributed by atoms with E-state index < -0.39 is 0 Å². The minimum absolute atomic E-state index is 0.504. The van der Waals surface area contributed by atoms with Crippen molar-refractivity contribution in [2.75, 3.05) is 6.54 Å². The van der Waals surface area contributed by atoms with Crippen LogP contribution in [0.1, 0.15) is 26.2 Å². The average Bonchev–Trinajstić information content (AvgIpc) is 1.88. The van der Waals surface area contributed by atoms with Crippen LogP contribution >= 0.6 is 0 Å². The Bertz CT molecular complexity index is 162. The van der Waals surface area contributed by atoms with E-state index in [1.165, 1.54) is 0 Å². The van der Waals surface area contributed by atoms with E-state index >= 15 is 0 Å². The molecule has 0 radical (unpaired) electrons. The van der Waals surface area contributed by atoms with Crippen molar-refractivity contribution in [2.24, 2.45) is 0 Å². The van der Waals surface area contributed by atoms with Crippen LogP contribution in [-0.4, -0.2) is 23.1 Å². The highest BCUT2D eigenvalue weighted by atomic mass is 15.2. The molecule has 1 saturated heterocycles. The van der Waals surface area contributed by atoms with Crippen LogP contribution in [0.2, 0.25) is 0 Å². The molecule has 3 heteroatoms. The topological polar surface area (TPSA) is 50.9 Å². The molecule has 0 amide bonds. The van der Waals surface area contributed by atoms with Gasteiger partial charge in [0.05, 0.1) is 5.84 Å². The van der Waals surface area contributed by atoms with E-state index in [1.54, 1.807) is 11.8 Å². The molecule has 1 heterocycles. The highest BCUT2D eigenvalue weighted by molar-refractivity contribution is 5.97. The lowest BCUT2D eigenvalue weighted by Gasteiger charge is -2.27. The van der Waals surface area contributed by atoms with Gasteiger partial charge in [0.25, 0.3) is 0 Å². The van der Waals surface area contributed by atoms with E-state index in [2.05, 4.69) is 0 Å². The largest absolute Gasteiger partial charge is 0.319 e. The van der Waals surface area contributed by atoms with Gasteiger partial charge in [-0.1, -0.05) is 0 Å². The van der Waals surface area contributed by atoms with Gasteiger partial charge in [0.1, 0.15) is 5.84 Å². The van der Waals surface area contributed by atoms with Gasteiger partial charge >= 0.3 is 0 Å². The van der Waals surface area contributed by atoms with Gasteiger partial charge in [-0.25, -0.2) is 0 Å². The molecule has 0 aromatic carbocycles. The fourth-order valence-corrected chi connectivity index (χ4v) is 1.20. The molecule has 0 unspecified atom stereocenters. The number of hydrogen-bond acceptors (Lipinski definition) is 2. The SMILES string of the molecule is CC(=N)N1CCCCC1=N. The van der Waals surface area contributed by atoms with Gasteiger partial charge in [0.2, 0.25) is 0 Å². The number of nitrogens with zero attached hydrogens (tertiary/aromatic N) is 1. The molecule has 0 bridgehead atoms. The van der Waals surface area contributed by atoms with E-state index in [0.29, 0.717) is 11.7 Å². The second-order valence-electron chi connectivity index (χ2n) is 2.64. The molecule has 1 rings (SSSR count). The third-order valence-electron chi connectivity index (χ3n) is 1.78. The Morgan fingerprint density at radius 2 is 2.20 bits per heavy atom. The van der Waals surface area contributed by atoms with Crippen LogP contribution in [0.15, 0.2) is 0 Å². The number of rotatable bonds is 0. The summed E-state index contributed by atoms with van der Waals surface area (Å²) in [5, 5.41) is 14.8. The van der Waals surface area contributed by atoms with Crippen molar-refractivity contribution in [2.45, 2.75) is 26.2 Å². The molecule has 1 aliphatic heterocycles. The predicted octanol–water partition coefficient (Wildman–Crippen LogP) is 1.45. The van der Waals surface area contributed by atoms with Crippen molar-refractivity contribution in [1.29, 1.82) is 10.8 Å². The van der Waals surface area contributed by atoms with Crippen LogP contribution in [0, 0.1) is 10.8 Å². The van der Waals surface area contributed by atoms with Crippen molar-refractivity contribution in [3.05, 3.63) is 0 Å². The Hall–Kier alpha value is -0.860. The Morgan fingerprint density at radius 3 is 2.60 bits per heavy atom. The molecule has 0 spiro atoms. The van der Waals surface area contributed by atoms with Crippen LogP contribution in [-0.2, 0) is 0 Å². The van der Waals surface area contributed by atoms with Gasteiger partial charge < -0.3 is 4.90 Å².